The molecular formula is C18H15F3N2O2. The number of benzene rings is 2. The van der Waals surface area contributed by atoms with Gasteiger partial charge in [-0.25, -0.2) is 13.2 Å². The van der Waals surface area contributed by atoms with E-state index in [0.29, 0.717) is 19.0 Å². The van der Waals surface area contributed by atoms with E-state index < -0.39 is 35.0 Å². The molecule has 130 valence electrons. The number of rotatable bonds is 3. The fraction of sp³-hybridized carbons (Fsp3) is 0.222. The van der Waals surface area contributed by atoms with Gasteiger partial charge < -0.3 is 10.2 Å². The van der Waals surface area contributed by atoms with Gasteiger partial charge in [0, 0.05) is 12.2 Å². The fourth-order valence-corrected chi connectivity index (χ4v) is 2.84. The number of amides is 2. The molecule has 25 heavy (non-hydrogen) atoms. The van der Waals surface area contributed by atoms with Gasteiger partial charge in [0.2, 0.25) is 5.91 Å². The molecule has 0 fully saturated rings. The Morgan fingerprint density at radius 3 is 2.56 bits per heavy atom. The lowest BCUT2D eigenvalue weighted by Crippen LogP contribution is -2.46. The first kappa shape index (κ1) is 17.0. The summed E-state index contributed by atoms with van der Waals surface area (Å²) in [4.78, 5) is 26.2. The van der Waals surface area contributed by atoms with Crippen molar-refractivity contribution in [3.05, 3.63) is 65.0 Å². The summed E-state index contributed by atoms with van der Waals surface area (Å²) in [5, 5.41) is 2.33. The van der Waals surface area contributed by atoms with Crippen LogP contribution in [0, 0.1) is 17.5 Å². The highest BCUT2D eigenvalue weighted by Gasteiger charge is 2.29. The molecular weight excluding hydrogens is 333 g/mol. The first-order chi connectivity index (χ1) is 11.9. The number of para-hydroxylation sites is 1. The van der Waals surface area contributed by atoms with Crippen LogP contribution < -0.4 is 10.2 Å². The van der Waals surface area contributed by atoms with Crippen molar-refractivity contribution >= 4 is 17.5 Å². The van der Waals surface area contributed by atoms with Gasteiger partial charge in [-0.15, -0.1) is 0 Å². The van der Waals surface area contributed by atoms with Gasteiger partial charge in [0.25, 0.3) is 5.91 Å². The SMILES string of the molecule is C[C@H](NC(=O)c1ccc(F)c(F)c1F)C(=O)N1CCc2ccccc21. The zero-order valence-corrected chi connectivity index (χ0v) is 13.4. The predicted molar refractivity (Wildman–Crippen MR) is 85.7 cm³/mol. The standard InChI is InChI=1S/C18H15F3N2O2/c1-10(18(25)23-9-8-11-4-2-3-5-14(11)23)22-17(24)12-6-7-13(19)16(21)15(12)20/h2-7,10H,8-9H2,1H3,(H,22,24)/t10-/m0/s1. The van der Waals surface area contributed by atoms with Crippen molar-refractivity contribution in [2.45, 2.75) is 19.4 Å². The molecule has 0 radical (unpaired) electrons. The molecule has 1 heterocycles. The second-order valence-electron chi connectivity index (χ2n) is 5.79. The number of carbonyl (C=O) groups is 2. The van der Waals surface area contributed by atoms with E-state index in [0.717, 1.165) is 17.3 Å². The summed E-state index contributed by atoms with van der Waals surface area (Å²) in [5.74, 6) is -6.03. The number of halogens is 3. The first-order valence-corrected chi connectivity index (χ1v) is 7.73. The lowest BCUT2D eigenvalue weighted by atomic mass is 10.1. The third kappa shape index (κ3) is 3.09. The third-order valence-corrected chi connectivity index (χ3v) is 4.15. The Bertz CT molecular complexity index is 854. The monoisotopic (exact) mass is 348 g/mol. The molecule has 0 aliphatic carbocycles. The molecule has 2 amide bonds. The number of anilines is 1. The van der Waals surface area contributed by atoms with Crippen molar-refractivity contribution in [3.8, 4) is 0 Å². The van der Waals surface area contributed by atoms with Gasteiger partial charge in [-0.2, -0.15) is 0 Å². The molecule has 0 unspecified atom stereocenters. The molecule has 7 heteroatoms. The summed E-state index contributed by atoms with van der Waals surface area (Å²) in [7, 11) is 0. The predicted octanol–water partition coefficient (Wildman–Crippen LogP) is 2.81. The average Bonchev–Trinajstić information content (AvgIpc) is 3.03. The molecule has 1 aliphatic rings. The van der Waals surface area contributed by atoms with Crippen molar-refractivity contribution < 1.29 is 22.8 Å². The van der Waals surface area contributed by atoms with Gasteiger partial charge in [-0.1, -0.05) is 18.2 Å². The minimum Gasteiger partial charge on any atom is -0.340 e. The number of carbonyl (C=O) groups excluding carboxylic acids is 2. The highest BCUT2D eigenvalue weighted by molar-refractivity contribution is 6.03. The third-order valence-electron chi connectivity index (χ3n) is 4.15. The zero-order valence-electron chi connectivity index (χ0n) is 13.4. The van der Waals surface area contributed by atoms with Crippen LogP contribution in [0.2, 0.25) is 0 Å². The van der Waals surface area contributed by atoms with Crippen molar-refractivity contribution in [3.63, 3.8) is 0 Å². The molecule has 2 aromatic rings. The maximum atomic E-state index is 13.7. The van der Waals surface area contributed by atoms with E-state index in [9.17, 15) is 22.8 Å². The van der Waals surface area contributed by atoms with Crippen molar-refractivity contribution in [2.75, 3.05) is 11.4 Å². The summed E-state index contributed by atoms with van der Waals surface area (Å²) >= 11 is 0. The molecule has 1 N–H and O–H groups in total. The molecule has 0 spiro atoms. The van der Waals surface area contributed by atoms with Crippen LogP contribution in [0.15, 0.2) is 36.4 Å². The van der Waals surface area contributed by atoms with Crippen LogP contribution in [-0.2, 0) is 11.2 Å². The van der Waals surface area contributed by atoms with E-state index in [1.54, 1.807) is 4.90 Å². The van der Waals surface area contributed by atoms with Gasteiger partial charge in [-0.05, 0) is 37.1 Å². The quantitative estimate of drug-likeness (QED) is 0.867. The van der Waals surface area contributed by atoms with Crippen LogP contribution >= 0.6 is 0 Å². The van der Waals surface area contributed by atoms with Gasteiger partial charge in [0.15, 0.2) is 17.5 Å². The summed E-state index contributed by atoms with van der Waals surface area (Å²) in [6, 6.07) is 7.97. The Morgan fingerprint density at radius 1 is 1.08 bits per heavy atom. The Labute approximate surface area is 142 Å². The molecule has 0 saturated heterocycles. The Kier molecular flexibility index (Phi) is 4.48. The topological polar surface area (TPSA) is 49.4 Å². The van der Waals surface area contributed by atoms with Gasteiger partial charge in [-0.3, -0.25) is 9.59 Å². The number of nitrogens with zero attached hydrogens (tertiary/aromatic N) is 1. The molecule has 3 rings (SSSR count). The van der Waals surface area contributed by atoms with E-state index in [1.165, 1.54) is 6.92 Å². The Hall–Kier alpha value is -2.83. The van der Waals surface area contributed by atoms with Crippen molar-refractivity contribution in [1.29, 1.82) is 0 Å². The summed E-state index contributed by atoms with van der Waals surface area (Å²) < 4.78 is 39.9. The van der Waals surface area contributed by atoms with E-state index in [-0.39, 0.29) is 5.91 Å². The van der Waals surface area contributed by atoms with Crippen LogP contribution in [0.25, 0.3) is 0 Å². The first-order valence-electron chi connectivity index (χ1n) is 7.73. The van der Waals surface area contributed by atoms with E-state index in [4.69, 9.17) is 0 Å². The summed E-state index contributed by atoms with van der Waals surface area (Å²) in [5.41, 5.74) is 1.15. The summed E-state index contributed by atoms with van der Waals surface area (Å²) in [6.45, 7) is 1.94. The van der Waals surface area contributed by atoms with Crippen LogP contribution in [-0.4, -0.2) is 24.4 Å². The molecule has 1 aliphatic heterocycles. The molecule has 1 atom stereocenters. The maximum absolute atomic E-state index is 13.7. The van der Waals surface area contributed by atoms with Gasteiger partial charge >= 0.3 is 0 Å². The second-order valence-corrected chi connectivity index (χ2v) is 5.79. The van der Waals surface area contributed by atoms with Crippen molar-refractivity contribution in [2.24, 2.45) is 0 Å². The Balaban J connectivity index is 1.74. The average molecular weight is 348 g/mol. The molecule has 2 aromatic carbocycles. The minimum absolute atomic E-state index is 0.360. The highest BCUT2D eigenvalue weighted by atomic mass is 19.2. The van der Waals surface area contributed by atoms with Crippen LogP contribution in [0.3, 0.4) is 0 Å². The smallest absolute Gasteiger partial charge is 0.255 e. The fourth-order valence-electron chi connectivity index (χ4n) is 2.84. The molecule has 0 bridgehead atoms. The number of fused-ring (bicyclic) bond motifs is 1. The lowest BCUT2D eigenvalue weighted by Gasteiger charge is -2.22. The maximum Gasteiger partial charge on any atom is 0.255 e. The lowest BCUT2D eigenvalue weighted by molar-refractivity contribution is -0.119. The van der Waals surface area contributed by atoms with E-state index >= 15 is 0 Å². The molecule has 0 aromatic heterocycles. The highest BCUT2D eigenvalue weighted by Crippen LogP contribution is 2.28. The van der Waals surface area contributed by atoms with Crippen molar-refractivity contribution in [1.82, 2.24) is 5.32 Å². The largest absolute Gasteiger partial charge is 0.340 e. The van der Waals surface area contributed by atoms with Crippen LogP contribution in [0.1, 0.15) is 22.8 Å². The number of hydrogen-bond acceptors (Lipinski definition) is 2. The van der Waals surface area contributed by atoms with E-state index in [2.05, 4.69) is 5.32 Å². The number of hydrogen-bond donors (Lipinski definition) is 1. The van der Waals surface area contributed by atoms with E-state index in [1.807, 2.05) is 24.3 Å². The normalized spacial score (nSPS) is 14.2. The van der Waals surface area contributed by atoms with Gasteiger partial charge in [0.05, 0.1) is 5.56 Å². The minimum atomic E-state index is -1.72. The van der Waals surface area contributed by atoms with Gasteiger partial charge in [0.1, 0.15) is 6.04 Å². The zero-order chi connectivity index (χ0) is 18.1. The second kappa shape index (κ2) is 6.58. The Morgan fingerprint density at radius 2 is 1.80 bits per heavy atom. The van der Waals surface area contributed by atoms with Crippen LogP contribution in [0.4, 0.5) is 18.9 Å². The van der Waals surface area contributed by atoms with Crippen LogP contribution in [0.5, 0.6) is 0 Å². The molecule has 0 saturated carbocycles. The summed E-state index contributed by atoms with van der Waals surface area (Å²) in [6.07, 6.45) is 0.709. The molecule has 4 nitrogen and oxygen atoms in total. The number of nitrogens with one attached hydrogen (secondary N) is 1.